The van der Waals surface area contributed by atoms with Crippen LogP contribution in [0, 0.1) is 0 Å². The zero-order chi connectivity index (χ0) is 16.3. The minimum atomic E-state index is -0.0122. The second-order valence-electron chi connectivity index (χ2n) is 7.08. The first-order valence-electron chi connectivity index (χ1n) is 7.90. The molecule has 1 aliphatic rings. The molecule has 1 aromatic heterocycles. The van der Waals surface area contributed by atoms with Crippen LogP contribution in [0.4, 0.5) is 0 Å². The number of hydrogen-bond acceptors (Lipinski definition) is 4. The van der Waals surface area contributed by atoms with E-state index in [1.54, 1.807) is 6.20 Å². The van der Waals surface area contributed by atoms with Gasteiger partial charge in [-0.05, 0) is 53.8 Å². The summed E-state index contributed by atoms with van der Waals surface area (Å²) in [5.74, 6) is 0.652. The lowest BCUT2D eigenvalue weighted by molar-refractivity contribution is -0.129. The van der Waals surface area contributed by atoms with Crippen LogP contribution in [0.25, 0.3) is 0 Å². The van der Waals surface area contributed by atoms with E-state index >= 15 is 0 Å². The third-order valence-electron chi connectivity index (χ3n) is 4.28. The summed E-state index contributed by atoms with van der Waals surface area (Å²) in [6, 6.07) is 0.381. The molecule has 0 N–H and O–H groups in total. The smallest absolute Gasteiger partial charge is 0.233 e. The molecular weight excluding hydrogens is 296 g/mol. The van der Waals surface area contributed by atoms with Gasteiger partial charge in [0, 0.05) is 31.0 Å². The summed E-state index contributed by atoms with van der Waals surface area (Å²) in [7, 11) is 4.08. The SMILES string of the molecule is CN1CCC(N(C)C(=O)CSc2nccn2C(C)(C)C)CC1. The third-order valence-corrected chi connectivity index (χ3v) is 5.24. The fraction of sp³-hybridized carbons (Fsp3) is 0.750. The van der Waals surface area contributed by atoms with Crippen molar-refractivity contribution in [3.05, 3.63) is 12.4 Å². The highest BCUT2D eigenvalue weighted by molar-refractivity contribution is 7.99. The monoisotopic (exact) mass is 324 g/mol. The fourth-order valence-corrected chi connectivity index (χ4v) is 3.79. The number of thioether (sulfide) groups is 1. The molecule has 6 heteroatoms. The van der Waals surface area contributed by atoms with Crippen molar-refractivity contribution in [3.8, 4) is 0 Å². The molecule has 1 aliphatic heterocycles. The largest absolute Gasteiger partial charge is 0.342 e. The highest BCUT2D eigenvalue weighted by atomic mass is 32.2. The van der Waals surface area contributed by atoms with Crippen molar-refractivity contribution in [2.45, 2.75) is 50.4 Å². The average molecular weight is 324 g/mol. The minimum absolute atomic E-state index is 0.0122. The number of aromatic nitrogens is 2. The Balaban J connectivity index is 1.89. The second kappa shape index (κ2) is 7.04. The first-order chi connectivity index (χ1) is 10.3. The van der Waals surface area contributed by atoms with Gasteiger partial charge in [-0.1, -0.05) is 11.8 Å². The van der Waals surface area contributed by atoms with E-state index in [2.05, 4.69) is 42.3 Å². The van der Waals surface area contributed by atoms with E-state index in [0.717, 1.165) is 31.1 Å². The number of carbonyl (C=O) groups is 1. The van der Waals surface area contributed by atoms with E-state index in [9.17, 15) is 4.79 Å². The topological polar surface area (TPSA) is 41.4 Å². The zero-order valence-corrected chi connectivity index (χ0v) is 15.2. The molecule has 1 fully saturated rings. The molecule has 0 unspecified atom stereocenters. The summed E-state index contributed by atoms with van der Waals surface area (Å²) in [6.45, 7) is 8.58. The molecule has 1 aromatic rings. The summed E-state index contributed by atoms with van der Waals surface area (Å²) >= 11 is 1.53. The summed E-state index contributed by atoms with van der Waals surface area (Å²) in [5, 5.41) is 0.914. The van der Waals surface area contributed by atoms with E-state index in [-0.39, 0.29) is 11.4 Å². The molecule has 0 aliphatic carbocycles. The number of hydrogen-bond donors (Lipinski definition) is 0. The number of imidazole rings is 1. The van der Waals surface area contributed by atoms with Crippen LogP contribution in [0.15, 0.2) is 17.6 Å². The van der Waals surface area contributed by atoms with E-state index in [0.29, 0.717) is 11.8 Å². The van der Waals surface area contributed by atoms with Gasteiger partial charge in [-0.2, -0.15) is 0 Å². The molecule has 0 aromatic carbocycles. The molecule has 124 valence electrons. The third kappa shape index (κ3) is 4.26. The van der Waals surface area contributed by atoms with Crippen LogP contribution < -0.4 is 0 Å². The fourth-order valence-electron chi connectivity index (χ4n) is 2.72. The lowest BCUT2D eigenvalue weighted by Crippen LogP contribution is -2.45. The Kier molecular flexibility index (Phi) is 5.55. The number of likely N-dealkylation sites (tertiary alicyclic amines) is 1. The van der Waals surface area contributed by atoms with E-state index in [1.807, 2.05) is 18.1 Å². The Hall–Kier alpha value is -1.01. The lowest BCUT2D eigenvalue weighted by Gasteiger charge is -2.35. The average Bonchev–Trinajstić information content (AvgIpc) is 2.93. The Labute approximate surface area is 138 Å². The van der Waals surface area contributed by atoms with Crippen molar-refractivity contribution < 1.29 is 4.79 Å². The van der Waals surface area contributed by atoms with Crippen LogP contribution >= 0.6 is 11.8 Å². The van der Waals surface area contributed by atoms with Gasteiger partial charge in [0.1, 0.15) is 0 Å². The van der Waals surface area contributed by atoms with E-state index in [1.165, 1.54) is 11.8 Å². The Bertz CT molecular complexity index is 500. The molecule has 0 atom stereocenters. The van der Waals surface area contributed by atoms with Gasteiger partial charge in [0.05, 0.1) is 5.75 Å². The molecule has 2 rings (SSSR count). The van der Waals surface area contributed by atoms with Gasteiger partial charge >= 0.3 is 0 Å². The van der Waals surface area contributed by atoms with Gasteiger partial charge in [0.25, 0.3) is 0 Å². The van der Waals surface area contributed by atoms with E-state index < -0.39 is 0 Å². The van der Waals surface area contributed by atoms with Crippen molar-refractivity contribution in [2.75, 3.05) is 32.9 Å². The van der Waals surface area contributed by atoms with Crippen molar-refractivity contribution in [2.24, 2.45) is 0 Å². The van der Waals surface area contributed by atoms with Crippen LogP contribution in [0.1, 0.15) is 33.6 Å². The molecule has 0 radical (unpaired) electrons. The van der Waals surface area contributed by atoms with Gasteiger partial charge < -0.3 is 14.4 Å². The standard InChI is InChI=1S/C16H28N4OS/c1-16(2,3)20-11-8-17-15(20)22-12-14(21)19(5)13-6-9-18(4)10-7-13/h8,11,13H,6-7,9-10,12H2,1-5H3. The maximum absolute atomic E-state index is 12.4. The van der Waals surface area contributed by atoms with Gasteiger partial charge in [0.15, 0.2) is 5.16 Å². The summed E-state index contributed by atoms with van der Waals surface area (Å²) < 4.78 is 2.13. The first kappa shape index (κ1) is 17.3. The molecule has 1 saturated heterocycles. The maximum atomic E-state index is 12.4. The number of nitrogens with zero attached hydrogens (tertiary/aromatic N) is 4. The Morgan fingerprint density at radius 3 is 2.64 bits per heavy atom. The van der Waals surface area contributed by atoms with E-state index in [4.69, 9.17) is 0 Å². The molecule has 0 bridgehead atoms. The van der Waals surface area contributed by atoms with Gasteiger partial charge in [-0.25, -0.2) is 4.98 Å². The molecule has 0 saturated carbocycles. The van der Waals surface area contributed by atoms with Crippen LogP contribution in [-0.4, -0.2) is 64.2 Å². The molecular formula is C16H28N4OS. The quantitative estimate of drug-likeness (QED) is 0.797. The molecule has 0 spiro atoms. The molecule has 1 amide bonds. The predicted molar refractivity (Wildman–Crippen MR) is 91.2 cm³/mol. The Morgan fingerprint density at radius 1 is 1.41 bits per heavy atom. The highest BCUT2D eigenvalue weighted by Gasteiger charge is 2.24. The summed E-state index contributed by atoms with van der Waals surface area (Å²) in [5.41, 5.74) is -0.0122. The molecule has 5 nitrogen and oxygen atoms in total. The predicted octanol–water partition coefficient (Wildman–Crippen LogP) is 2.28. The summed E-state index contributed by atoms with van der Waals surface area (Å²) in [4.78, 5) is 21.1. The molecule has 2 heterocycles. The lowest BCUT2D eigenvalue weighted by atomic mass is 10.0. The minimum Gasteiger partial charge on any atom is -0.342 e. The maximum Gasteiger partial charge on any atom is 0.233 e. The second-order valence-corrected chi connectivity index (χ2v) is 8.02. The normalized spacial score (nSPS) is 17.7. The number of rotatable bonds is 4. The molecule has 22 heavy (non-hydrogen) atoms. The first-order valence-corrected chi connectivity index (χ1v) is 8.88. The number of amides is 1. The van der Waals surface area contributed by atoms with Gasteiger partial charge in [-0.15, -0.1) is 0 Å². The van der Waals surface area contributed by atoms with Gasteiger partial charge in [-0.3, -0.25) is 4.79 Å². The van der Waals surface area contributed by atoms with Crippen LogP contribution in [0.2, 0.25) is 0 Å². The van der Waals surface area contributed by atoms with Gasteiger partial charge in [0.2, 0.25) is 5.91 Å². The summed E-state index contributed by atoms with van der Waals surface area (Å²) in [6.07, 6.45) is 5.92. The van der Waals surface area contributed by atoms with Crippen LogP contribution in [0.3, 0.4) is 0 Å². The number of carbonyl (C=O) groups excluding carboxylic acids is 1. The van der Waals surface area contributed by atoms with Crippen molar-refractivity contribution in [3.63, 3.8) is 0 Å². The van der Waals surface area contributed by atoms with Crippen LogP contribution in [0.5, 0.6) is 0 Å². The zero-order valence-electron chi connectivity index (χ0n) is 14.4. The van der Waals surface area contributed by atoms with Crippen molar-refractivity contribution >= 4 is 17.7 Å². The highest BCUT2D eigenvalue weighted by Crippen LogP contribution is 2.24. The Morgan fingerprint density at radius 2 is 2.05 bits per heavy atom. The van der Waals surface area contributed by atoms with Crippen molar-refractivity contribution in [1.29, 1.82) is 0 Å². The van der Waals surface area contributed by atoms with Crippen LogP contribution in [-0.2, 0) is 10.3 Å². The number of piperidine rings is 1. The van der Waals surface area contributed by atoms with Crippen molar-refractivity contribution in [1.82, 2.24) is 19.4 Å².